The first-order chi connectivity index (χ1) is 20.1. The summed E-state index contributed by atoms with van der Waals surface area (Å²) in [4.78, 5) is 25.0. The number of nitro groups is 1. The van der Waals surface area contributed by atoms with Crippen molar-refractivity contribution in [3.8, 4) is 5.75 Å². The summed E-state index contributed by atoms with van der Waals surface area (Å²) >= 11 is 12.2. The fraction of sp³-hybridized carbons (Fsp3) is 0.148. The van der Waals surface area contributed by atoms with E-state index < -0.39 is 28.3 Å². The number of pyridine rings is 1. The lowest BCUT2D eigenvalue weighted by molar-refractivity contribution is -0.455. The molecule has 0 aliphatic heterocycles. The molecule has 0 spiro atoms. The van der Waals surface area contributed by atoms with Crippen molar-refractivity contribution in [3.63, 3.8) is 0 Å². The molecule has 0 atom stereocenters. The van der Waals surface area contributed by atoms with Gasteiger partial charge in [-0.2, -0.15) is 13.2 Å². The molecule has 228 valence electrons. The van der Waals surface area contributed by atoms with E-state index in [1.807, 2.05) is 12.1 Å². The molecule has 4 aromatic rings. The van der Waals surface area contributed by atoms with E-state index in [1.165, 1.54) is 30.3 Å². The number of aliphatic hydroxyl groups is 1. The molecule has 0 unspecified atom stereocenters. The molecule has 43 heavy (non-hydrogen) atoms. The molecule has 2 heterocycles. The van der Waals surface area contributed by atoms with Crippen LogP contribution in [0.15, 0.2) is 85.8 Å². The molecular formula is C27H21Br2ClF3N3O7. The van der Waals surface area contributed by atoms with Crippen LogP contribution in [0.25, 0.3) is 10.9 Å². The molecular weight excluding hydrogens is 731 g/mol. The summed E-state index contributed by atoms with van der Waals surface area (Å²) < 4.78 is 43.1. The number of halogens is 6. The summed E-state index contributed by atoms with van der Waals surface area (Å²) in [6.45, 7) is 0.463. The van der Waals surface area contributed by atoms with Crippen molar-refractivity contribution in [1.82, 2.24) is 4.98 Å². The zero-order valence-corrected chi connectivity index (χ0v) is 25.8. The van der Waals surface area contributed by atoms with E-state index in [0.717, 1.165) is 29.1 Å². The first-order valence-electron chi connectivity index (χ1n) is 11.7. The average molecular weight is 752 g/mol. The van der Waals surface area contributed by atoms with Crippen LogP contribution in [-0.4, -0.2) is 56.2 Å². The smallest absolute Gasteiger partial charge is 0.433 e. The van der Waals surface area contributed by atoms with Crippen LogP contribution >= 0.6 is 43.5 Å². The molecule has 0 radical (unpaired) electrons. The third-order valence-electron chi connectivity index (χ3n) is 5.08. The molecule has 16 heteroatoms. The highest BCUT2D eigenvalue weighted by Crippen LogP contribution is 2.36. The predicted octanol–water partition coefficient (Wildman–Crippen LogP) is 7.61. The first kappa shape index (κ1) is 35.4. The van der Waals surface area contributed by atoms with Gasteiger partial charge in [-0.05, 0) is 71.4 Å². The Morgan fingerprint density at radius 1 is 1.12 bits per heavy atom. The largest absolute Gasteiger partial charge is 0.624 e. The number of hydrogen-bond acceptors (Lipinski definition) is 8. The molecule has 2 aromatic heterocycles. The van der Waals surface area contributed by atoms with Gasteiger partial charge in [-0.1, -0.05) is 33.6 Å². The average Bonchev–Trinajstić information content (AvgIpc) is 3.41. The first-order valence-corrected chi connectivity index (χ1v) is 13.7. The van der Waals surface area contributed by atoms with Crippen molar-refractivity contribution < 1.29 is 42.3 Å². The maximum absolute atomic E-state index is 12.1. The van der Waals surface area contributed by atoms with E-state index in [2.05, 4.69) is 41.3 Å². The van der Waals surface area contributed by atoms with Crippen molar-refractivity contribution in [2.24, 2.45) is 0 Å². The second-order valence-corrected chi connectivity index (χ2v) is 10.4. The number of rotatable bonds is 6. The highest BCUT2D eigenvalue weighted by atomic mass is 79.9. The second kappa shape index (κ2) is 16.2. The number of benzene rings is 2. The number of hydroxylamine groups is 1. The monoisotopic (exact) mass is 749 g/mol. The lowest BCUT2D eigenvalue weighted by atomic mass is 10.1. The third kappa shape index (κ3) is 11.1. The minimum absolute atomic E-state index is 0.0835. The Kier molecular flexibility index (Phi) is 13.3. The number of furan rings is 1. The van der Waals surface area contributed by atoms with Gasteiger partial charge in [0.15, 0.2) is 23.8 Å². The third-order valence-corrected chi connectivity index (χ3v) is 6.59. The number of carbonyl (C=O) groups is 1. The van der Waals surface area contributed by atoms with Crippen LogP contribution in [0.5, 0.6) is 5.75 Å². The van der Waals surface area contributed by atoms with E-state index >= 15 is 0 Å². The van der Waals surface area contributed by atoms with Crippen LogP contribution < -0.4 is 0 Å². The minimum Gasteiger partial charge on any atom is -0.624 e. The van der Waals surface area contributed by atoms with Crippen molar-refractivity contribution >= 4 is 72.2 Å². The number of aromatic hydroxyl groups is 1. The van der Waals surface area contributed by atoms with Crippen LogP contribution in [0.3, 0.4) is 0 Å². The van der Waals surface area contributed by atoms with Gasteiger partial charge in [0.05, 0.1) is 10.5 Å². The van der Waals surface area contributed by atoms with E-state index in [9.17, 15) is 38.4 Å². The standard InChI is InChI=1S/C11H8ClF3O.C9H5Br2NO.C7H8N2O5/c1-7(11(13,14)15)6-10(16)8-2-4-9(12)5-3-8;10-6-4-7(11)9(13)8-5(6)2-1-3-12-8;10-4-3-8(11)5-6-1-2-7(14-6)9(12)13/h2-6H,1H3;1-4,13H;1-2,5,10H,3-4H2/b7-6+;;8-5-. The Balaban J connectivity index is 0.000000226. The highest BCUT2D eigenvalue weighted by molar-refractivity contribution is 9.11. The van der Waals surface area contributed by atoms with Gasteiger partial charge < -0.3 is 19.8 Å². The number of fused-ring (bicyclic) bond motifs is 1. The lowest BCUT2D eigenvalue weighted by Crippen LogP contribution is -2.10. The van der Waals surface area contributed by atoms with Crippen molar-refractivity contribution in [3.05, 3.63) is 113 Å². The van der Waals surface area contributed by atoms with Gasteiger partial charge in [0.1, 0.15) is 17.0 Å². The number of nitrogens with zero attached hydrogens (tertiary/aromatic N) is 3. The molecule has 0 amide bonds. The van der Waals surface area contributed by atoms with E-state index in [0.29, 0.717) is 25.8 Å². The number of phenols is 1. The van der Waals surface area contributed by atoms with Crippen molar-refractivity contribution in [2.75, 3.05) is 13.2 Å². The zero-order chi connectivity index (χ0) is 32.3. The van der Waals surface area contributed by atoms with Crippen LogP contribution in [0.2, 0.25) is 5.02 Å². The Bertz CT molecular complexity index is 1640. The Morgan fingerprint density at radius 3 is 2.33 bits per heavy atom. The molecule has 0 aliphatic rings. The number of hydrogen-bond donors (Lipinski definition) is 2. The normalized spacial score (nSPS) is 11.7. The number of allylic oxidation sites excluding steroid dienone is 2. The van der Waals surface area contributed by atoms with Crippen LogP contribution in [0.1, 0.15) is 23.0 Å². The predicted molar refractivity (Wildman–Crippen MR) is 161 cm³/mol. The van der Waals surface area contributed by atoms with Crippen LogP contribution in [-0.2, 0) is 0 Å². The maximum atomic E-state index is 12.1. The van der Waals surface area contributed by atoms with Gasteiger partial charge in [0.2, 0.25) is 6.21 Å². The molecule has 0 saturated carbocycles. The summed E-state index contributed by atoms with van der Waals surface area (Å²) in [6, 6.07) is 13.7. The Labute approximate surface area is 263 Å². The second-order valence-electron chi connectivity index (χ2n) is 8.21. The summed E-state index contributed by atoms with van der Waals surface area (Å²) in [7, 11) is 0. The quantitative estimate of drug-likeness (QED) is 0.0389. The Morgan fingerprint density at radius 2 is 1.77 bits per heavy atom. The Hall–Kier alpha value is -3.79. The topological polar surface area (TPSA) is 153 Å². The fourth-order valence-electron chi connectivity index (χ4n) is 2.95. The number of aromatic nitrogens is 1. The molecule has 0 fully saturated rings. The number of alkyl halides is 3. The van der Waals surface area contributed by atoms with E-state index in [1.54, 1.807) is 12.3 Å². The summed E-state index contributed by atoms with van der Waals surface area (Å²) in [5.41, 5.74) is -0.149. The minimum atomic E-state index is -4.47. The fourth-order valence-corrected chi connectivity index (χ4v) is 4.35. The van der Waals surface area contributed by atoms with E-state index in [-0.39, 0.29) is 30.2 Å². The van der Waals surface area contributed by atoms with Gasteiger partial charge in [-0.15, -0.1) is 0 Å². The molecule has 2 N–H and O–H groups in total. The van der Waals surface area contributed by atoms with Gasteiger partial charge >= 0.3 is 12.1 Å². The summed E-state index contributed by atoms with van der Waals surface area (Å²) in [5, 5.41) is 40.4. The van der Waals surface area contributed by atoms with Crippen LogP contribution in [0.4, 0.5) is 19.1 Å². The van der Waals surface area contributed by atoms with Crippen molar-refractivity contribution in [2.45, 2.75) is 13.1 Å². The highest BCUT2D eigenvalue weighted by Gasteiger charge is 2.30. The number of phenolic OH excluding ortho intramolecular Hbond substituents is 1. The zero-order valence-electron chi connectivity index (χ0n) is 21.9. The van der Waals surface area contributed by atoms with Gasteiger partial charge in [0, 0.05) is 32.2 Å². The number of carbonyl (C=O) groups excluding carboxylic acids is 1. The van der Waals surface area contributed by atoms with Crippen molar-refractivity contribution in [1.29, 1.82) is 0 Å². The van der Waals surface area contributed by atoms with Gasteiger partial charge in [-0.25, -0.2) is 4.74 Å². The van der Waals surface area contributed by atoms with E-state index in [4.69, 9.17) is 16.7 Å². The van der Waals surface area contributed by atoms with Crippen LogP contribution in [0, 0.1) is 15.3 Å². The van der Waals surface area contributed by atoms with Gasteiger partial charge in [-0.3, -0.25) is 19.9 Å². The molecule has 2 aromatic carbocycles. The number of aliphatic hydroxyl groups excluding tert-OH is 1. The SMILES string of the molecule is C/C(=C\C(=O)c1ccc(Cl)cc1)C(F)(F)F.O=[N+]([O-])c1ccc(/C=[N+](\[O-])CCO)o1.Oc1c(Br)cc(Br)c2cccnc12. The molecule has 0 aliphatic carbocycles. The summed E-state index contributed by atoms with van der Waals surface area (Å²) in [5.74, 6) is -0.848. The maximum Gasteiger partial charge on any atom is 0.433 e. The molecule has 0 saturated heterocycles. The molecule has 4 rings (SSSR count). The lowest BCUT2D eigenvalue weighted by Gasteiger charge is -2.05. The molecule has 10 nitrogen and oxygen atoms in total. The molecule has 0 bridgehead atoms. The number of ketones is 1. The van der Waals surface area contributed by atoms with Gasteiger partial charge in [0.25, 0.3) is 0 Å². The summed E-state index contributed by atoms with van der Waals surface area (Å²) in [6.07, 6.45) is -1.21.